The van der Waals surface area contributed by atoms with Crippen LogP contribution in [-0.4, -0.2) is 38.9 Å². The Labute approximate surface area is 119 Å². The monoisotopic (exact) mass is 281 g/mol. The maximum absolute atomic E-state index is 10.5. The molecule has 1 N–H and O–H groups in total. The minimum Gasteiger partial charge on any atom is -0.377 e. The third kappa shape index (κ3) is 22.9. The molecule has 0 aromatic heterocycles. The molecule has 0 aliphatic carbocycles. The topological polar surface area (TPSA) is 56.8 Å². The van der Waals surface area contributed by atoms with Crippen molar-refractivity contribution >= 4 is 5.91 Å². The van der Waals surface area contributed by atoms with E-state index in [-0.39, 0.29) is 28.2 Å². The summed E-state index contributed by atoms with van der Waals surface area (Å²) >= 11 is 0. The zero-order valence-corrected chi connectivity index (χ0v) is 10.5. The molecule has 0 aromatic carbocycles. The Balaban J connectivity index is -0.000000375. The van der Waals surface area contributed by atoms with E-state index < -0.39 is 0 Å². The highest BCUT2D eigenvalue weighted by Gasteiger charge is 1.98. The van der Waals surface area contributed by atoms with Gasteiger partial charge in [-0.15, -0.1) is 0 Å². The normalized spacial score (nSPS) is 10.5. The van der Waals surface area contributed by atoms with Crippen LogP contribution in [0.25, 0.3) is 0 Å². The van der Waals surface area contributed by atoms with Crippen LogP contribution in [0.2, 0.25) is 0 Å². The lowest BCUT2D eigenvalue weighted by Gasteiger charge is -2.08. The highest BCUT2D eigenvalue weighted by molar-refractivity contribution is 5.72. The summed E-state index contributed by atoms with van der Waals surface area (Å²) in [6.07, 6.45) is 1.08. The maximum atomic E-state index is 10.5. The SMILES string of the molecule is C.C.C.CCC(C)COOCCOCCNC(C)=O. The molecule has 120 valence electrons. The van der Waals surface area contributed by atoms with Crippen molar-refractivity contribution in [1.29, 1.82) is 0 Å². The van der Waals surface area contributed by atoms with Crippen LogP contribution in [0.4, 0.5) is 0 Å². The predicted molar refractivity (Wildman–Crippen MR) is 81.1 cm³/mol. The van der Waals surface area contributed by atoms with Crippen molar-refractivity contribution in [2.75, 3.05) is 33.0 Å². The third-order valence-electron chi connectivity index (χ3n) is 2.06. The first-order valence-electron chi connectivity index (χ1n) is 5.73. The van der Waals surface area contributed by atoms with Gasteiger partial charge in [-0.05, 0) is 5.92 Å². The van der Waals surface area contributed by atoms with Gasteiger partial charge in [-0.25, -0.2) is 9.78 Å². The molecule has 0 radical (unpaired) electrons. The fourth-order valence-corrected chi connectivity index (χ4v) is 0.835. The molecule has 0 saturated heterocycles. The smallest absolute Gasteiger partial charge is 0.216 e. The van der Waals surface area contributed by atoms with Gasteiger partial charge in [0.15, 0.2) is 0 Å². The van der Waals surface area contributed by atoms with Crippen molar-refractivity contribution < 1.29 is 19.3 Å². The third-order valence-corrected chi connectivity index (χ3v) is 2.06. The van der Waals surface area contributed by atoms with Gasteiger partial charge in [0, 0.05) is 13.5 Å². The Morgan fingerprint density at radius 1 is 1.11 bits per heavy atom. The molecule has 0 bridgehead atoms. The summed E-state index contributed by atoms with van der Waals surface area (Å²) in [6.45, 7) is 8.22. The standard InChI is InChI=1S/C11H23NO4.3CH4/c1-4-10(2)9-16-15-8-7-14-6-5-12-11(3)13;;;/h10H,4-9H2,1-3H3,(H,12,13);3*1H4. The lowest BCUT2D eigenvalue weighted by atomic mass is 10.1. The van der Waals surface area contributed by atoms with E-state index in [4.69, 9.17) is 14.5 Å². The summed E-state index contributed by atoms with van der Waals surface area (Å²) in [7, 11) is 0. The van der Waals surface area contributed by atoms with Gasteiger partial charge in [0.25, 0.3) is 0 Å². The number of rotatable bonds is 10. The Hall–Kier alpha value is -0.650. The first-order chi connectivity index (χ1) is 7.66. The molecule has 0 fully saturated rings. The zero-order valence-electron chi connectivity index (χ0n) is 10.5. The predicted octanol–water partition coefficient (Wildman–Crippen LogP) is 3.04. The van der Waals surface area contributed by atoms with Crippen LogP contribution in [-0.2, 0) is 19.3 Å². The maximum Gasteiger partial charge on any atom is 0.216 e. The molecule has 0 aliphatic rings. The number of nitrogens with one attached hydrogen (secondary N) is 1. The second-order valence-corrected chi connectivity index (χ2v) is 3.72. The summed E-state index contributed by atoms with van der Waals surface area (Å²) in [5.74, 6) is 0.470. The van der Waals surface area contributed by atoms with Gasteiger partial charge in [-0.2, -0.15) is 0 Å². The fourth-order valence-electron chi connectivity index (χ4n) is 0.835. The van der Waals surface area contributed by atoms with E-state index in [0.717, 1.165) is 6.42 Å². The first-order valence-corrected chi connectivity index (χ1v) is 5.73. The van der Waals surface area contributed by atoms with Gasteiger partial charge in [-0.1, -0.05) is 42.5 Å². The van der Waals surface area contributed by atoms with Crippen molar-refractivity contribution in [2.45, 2.75) is 49.5 Å². The molecule has 5 heteroatoms. The van der Waals surface area contributed by atoms with Crippen molar-refractivity contribution in [3.05, 3.63) is 0 Å². The molecule has 1 atom stereocenters. The molecule has 1 amide bonds. The quantitative estimate of drug-likeness (QED) is 0.380. The molecule has 19 heavy (non-hydrogen) atoms. The zero-order chi connectivity index (χ0) is 12.2. The summed E-state index contributed by atoms with van der Waals surface area (Å²) in [4.78, 5) is 20.4. The molecule has 0 aromatic rings. The van der Waals surface area contributed by atoms with Gasteiger partial charge in [0.05, 0.1) is 19.8 Å². The van der Waals surface area contributed by atoms with Gasteiger partial charge in [0.2, 0.25) is 5.91 Å². The number of ether oxygens (including phenoxy) is 1. The minimum absolute atomic E-state index is 0. The number of hydrogen-bond donors (Lipinski definition) is 1. The summed E-state index contributed by atoms with van der Waals surface area (Å²) < 4.78 is 5.20. The Morgan fingerprint density at radius 2 is 1.74 bits per heavy atom. The molecule has 0 saturated carbocycles. The average Bonchev–Trinajstić information content (AvgIpc) is 2.26. The van der Waals surface area contributed by atoms with Crippen LogP contribution in [0.5, 0.6) is 0 Å². The van der Waals surface area contributed by atoms with E-state index in [2.05, 4.69) is 19.2 Å². The van der Waals surface area contributed by atoms with E-state index >= 15 is 0 Å². The van der Waals surface area contributed by atoms with Crippen molar-refractivity contribution in [1.82, 2.24) is 5.32 Å². The van der Waals surface area contributed by atoms with E-state index in [1.807, 2.05) is 0 Å². The van der Waals surface area contributed by atoms with Gasteiger partial charge < -0.3 is 10.1 Å². The molecule has 0 heterocycles. The van der Waals surface area contributed by atoms with E-state index in [1.54, 1.807) is 0 Å². The summed E-state index contributed by atoms with van der Waals surface area (Å²) in [5.41, 5.74) is 0. The number of carbonyl (C=O) groups excluding carboxylic acids is 1. The summed E-state index contributed by atoms with van der Waals surface area (Å²) in [6, 6.07) is 0. The molecular formula is C14H35NO4. The minimum atomic E-state index is -0.0447. The largest absolute Gasteiger partial charge is 0.377 e. The summed E-state index contributed by atoms with van der Waals surface area (Å²) in [5, 5.41) is 2.63. The second-order valence-electron chi connectivity index (χ2n) is 3.72. The van der Waals surface area contributed by atoms with Crippen LogP contribution in [0.1, 0.15) is 49.5 Å². The molecule has 0 aliphatic heterocycles. The van der Waals surface area contributed by atoms with E-state index in [9.17, 15) is 4.79 Å². The van der Waals surface area contributed by atoms with Crippen LogP contribution >= 0.6 is 0 Å². The van der Waals surface area contributed by atoms with E-state index in [0.29, 0.717) is 38.9 Å². The molecule has 1 unspecified atom stereocenters. The number of carbonyl (C=O) groups is 1. The van der Waals surface area contributed by atoms with Gasteiger partial charge >= 0.3 is 0 Å². The lowest BCUT2D eigenvalue weighted by molar-refractivity contribution is -0.304. The van der Waals surface area contributed by atoms with Crippen LogP contribution < -0.4 is 5.32 Å². The Morgan fingerprint density at radius 3 is 2.26 bits per heavy atom. The highest BCUT2D eigenvalue weighted by atomic mass is 17.2. The van der Waals surface area contributed by atoms with Crippen LogP contribution in [0.3, 0.4) is 0 Å². The van der Waals surface area contributed by atoms with Crippen molar-refractivity contribution in [3.8, 4) is 0 Å². The molecular weight excluding hydrogens is 246 g/mol. The molecule has 5 nitrogen and oxygen atoms in total. The van der Waals surface area contributed by atoms with Crippen LogP contribution in [0, 0.1) is 5.92 Å². The molecule has 0 spiro atoms. The average molecular weight is 281 g/mol. The fraction of sp³-hybridized carbons (Fsp3) is 0.929. The molecule has 0 rings (SSSR count). The number of hydrogen-bond acceptors (Lipinski definition) is 4. The van der Waals surface area contributed by atoms with Crippen LogP contribution in [0.15, 0.2) is 0 Å². The first kappa shape index (κ1) is 26.8. The van der Waals surface area contributed by atoms with Crippen molar-refractivity contribution in [3.63, 3.8) is 0 Å². The number of amides is 1. The second kappa shape index (κ2) is 19.7. The Bertz CT molecular complexity index is 177. The highest BCUT2D eigenvalue weighted by Crippen LogP contribution is 2.00. The van der Waals surface area contributed by atoms with E-state index in [1.165, 1.54) is 6.92 Å². The van der Waals surface area contributed by atoms with Gasteiger partial charge in [-0.3, -0.25) is 4.79 Å². The Kier molecular flexibility index (Phi) is 27.8. The lowest BCUT2D eigenvalue weighted by Crippen LogP contribution is -2.25. The van der Waals surface area contributed by atoms with Gasteiger partial charge in [0.1, 0.15) is 6.61 Å². The van der Waals surface area contributed by atoms with Crippen molar-refractivity contribution in [2.24, 2.45) is 5.92 Å².